The number of aliphatic hydroxyl groups is 1. The number of hydrogen-bond acceptors (Lipinski definition) is 6. The number of nitrogens with zero attached hydrogens (tertiary/aromatic N) is 1. The van der Waals surface area contributed by atoms with Gasteiger partial charge >= 0.3 is 0 Å². The number of nitrogen functional groups attached to an aromatic ring is 1. The van der Waals surface area contributed by atoms with Crippen LogP contribution in [-0.4, -0.2) is 33.7 Å². The van der Waals surface area contributed by atoms with Gasteiger partial charge in [-0.1, -0.05) is 41.4 Å². The molecule has 0 fully saturated rings. The average molecular weight is 489 g/mol. The molecule has 1 aromatic heterocycles. The molecule has 0 spiro atoms. The summed E-state index contributed by atoms with van der Waals surface area (Å²) in [6.07, 6.45) is 1.53. The number of carbonyl (C=O) groups is 1. The van der Waals surface area contributed by atoms with Gasteiger partial charge in [-0.25, -0.2) is 4.98 Å². The molecule has 0 unspecified atom stereocenters. The molecule has 7 nitrogen and oxygen atoms in total. The highest BCUT2D eigenvalue weighted by molar-refractivity contribution is 6.35. The predicted octanol–water partition coefficient (Wildman–Crippen LogP) is 3.86. The van der Waals surface area contributed by atoms with Crippen LogP contribution in [0.5, 0.6) is 5.75 Å². The summed E-state index contributed by atoms with van der Waals surface area (Å²) >= 11 is 12.0. The Morgan fingerprint density at radius 3 is 2.67 bits per heavy atom. The molecule has 0 aliphatic carbocycles. The van der Waals surface area contributed by atoms with Crippen molar-refractivity contribution in [2.45, 2.75) is 32.0 Å². The summed E-state index contributed by atoms with van der Waals surface area (Å²) in [5.41, 5.74) is 8.14. The molecule has 9 heteroatoms. The van der Waals surface area contributed by atoms with Gasteiger partial charge in [-0.05, 0) is 49.2 Å². The molecule has 174 valence electrons. The molecular weight excluding hydrogens is 463 g/mol. The van der Waals surface area contributed by atoms with E-state index in [1.807, 2.05) is 25.1 Å². The van der Waals surface area contributed by atoms with Crippen LogP contribution in [0.25, 0.3) is 0 Å². The fourth-order valence-electron chi connectivity index (χ4n) is 3.35. The van der Waals surface area contributed by atoms with Crippen molar-refractivity contribution in [1.29, 1.82) is 0 Å². The van der Waals surface area contributed by atoms with Gasteiger partial charge in [0.1, 0.15) is 11.6 Å². The van der Waals surface area contributed by atoms with Gasteiger partial charge in [-0.15, -0.1) is 0 Å². The Hall–Kier alpha value is -2.84. The molecule has 0 saturated heterocycles. The van der Waals surface area contributed by atoms with Crippen molar-refractivity contribution >= 4 is 34.9 Å². The maximum absolute atomic E-state index is 12.6. The van der Waals surface area contributed by atoms with Crippen molar-refractivity contribution < 1.29 is 15.0 Å². The Morgan fingerprint density at radius 2 is 1.97 bits per heavy atom. The lowest BCUT2D eigenvalue weighted by Gasteiger charge is -2.18. The quantitative estimate of drug-likeness (QED) is 0.311. The van der Waals surface area contributed by atoms with E-state index in [-0.39, 0.29) is 29.3 Å². The number of halogens is 2. The van der Waals surface area contributed by atoms with Crippen molar-refractivity contribution in [2.75, 3.05) is 12.3 Å². The van der Waals surface area contributed by atoms with E-state index in [1.54, 1.807) is 24.4 Å². The Bertz CT molecular complexity index is 1090. The number of amides is 1. The Balaban J connectivity index is 1.54. The van der Waals surface area contributed by atoms with Crippen molar-refractivity contribution in [3.63, 3.8) is 0 Å². The van der Waals surface area contributed by atoms with Gasteiger partial charge in [0.05, 0.1) is 11.1 Å². The van der Waals surface area contributed by atoms with Crippen LogP contribution in [0.4, 0.5) is 5.82 Å². The van der Waals surface area contributed by atoms with Crippen molar-refractivity contribution in [3.05, 3.63) is 87.0 Å². The maximum Gasteiger partial charge on any atom is 0.251 e. The number of benzene rings is 2. The van der Waals surface area contributed by atoms with Crippen LogP contribution in [0.1, 0.15) is 40.1 Å². The largest absolute Gasteiger partial charge is 0.507 e. The van der Waals surface area contributed by atoms with E-state index in [9.17, 15) is 15.0 Å². The number of hydrogen-bond donors (Lipinski definition) is 5. The van der Waals surface area contributed by atoms with Crippen molar-refractivity contribution in [3.8, 4) is 5.75 Å². The molecule has 6 N–H and O–H groups in total. The van der Waals surface area contributed by atoms with Gasteiger partial charge in [-0.2, -0.15) is 0 Å². The summed E-state index contributed by atoms with van der Waals surface area (Å²) in [5, 5.41) is 27.0. The average Bonchev–Trinajstić information content (AvgIpc) is 2.77. The number of carbonyl (C=O) groups excluding carboxylic acids is 1. The number of anilines is 1. The fraction of sp³-hybridized carbons (Fsp3) is 0.250. The van der Waals surface area contributed by atoms with Crippen molar-refractivity contribution in [1.82, 2.24) is 15.6 Å². The number of nitrogens with one attached hydrogen (secondary N) is 2. The first kappa shape index (κ1) is 24.8. The van der Waals surface area contributed by atoms with E-state index in [0.29, 0.717) is 40.5 Å². The summed E-state index contributed by atoms with van der Waals surface area (Å²) < 4.78 is 0. The van der Waals surface area contributed by atoms with E-state index in [0.717, 1.165) is 5.56 Å². The smallest absolute Gasteiger partial charge is 0.251 e. The zero-order chi connectivity index (χ0) is 24.0. The van der Waals surface area contributed by atoms with Crippen molar-refractivity contribution in [2.24, 2.45) is 0 Å². The molecule has 0 aliphatic heterocycles. The molecule has 1 amide bonds. The maximum atomic E-state index is 12.6. The second-order valence-electron chi connectivity index (χ2n) is 7.81. The minimum atomic E-state index is -0.700. The molecule has 0 radical (unpaired) electrons. The highest BCUT2D eigenvalue weighted by Crippen LogP contribution is 2.29. The molecule has 0 aliphatic rings. The van der Waals surface area contributed by atoms with Crippen LogP contribution in [-0.2, 0) is 13.0 Å². The van der Waals surface area contributed by atoms with Gasteiger partial charge in [0.15, 0.2) is 0 Å². The highest BCUT2D eigenvalue weighted by atomic mass is 35.5. The molecule has 2 atom stereocenters. The number of aromatic nitrogens is 1. The molecule has 33 heavy (non-hydrogen) atoms. The van der Waals surface area contributed by atoms with Gasteiger partial charge in [-0.3, -0.25) is 4.79 Å². The summed E-state index contributed by atoms with van der Waals surface area (Å²) in [7, 11) is 0. The van der Waals surface area contributed by atoms with Crippen LogP contribution in [0, 0.1) is 0 Å². The Morgan fingerprint density at radius 1 is 1.18 bits per heavy atom. The number of aliphatic hydroxyl groups excluding tert-OH is 1. The van der Waals surface area contributed by atoms with E-state index in [2.05, 4.69) is 15.6 Å². The normalized spacial score (nSPS) is 12.8. The third-order valence-electron chi connectivity index (χ3n) is 5.15. The number of rotatable bonds is 9. The molecule has 0 bridgehead atoms. The first-order valence-electron chi connectivity index (χ1n) is 10.4. The van der Waals surface area contributed by atoms with E-state index in [1.165, 1.54) is 12.1 Å². The third-order valence-corrected chi connectivity index (χ3v) is 5.70. The summed E-state index contributed by atoms with van der Waals surface area (Å²) in [6, 6.07) is 13.7. The Kier molecular flexibility index (Phi) is 8.52. The topological polar surface area (TPSA) is 120 Å². The highest BCUT2D eigenvalue weighted by Gasteiger charge is 2.14. The first-order valence-corrected chi connectivity index (χ1v) is 11.2. The van der Waals surface area contributed by atoms with Crippen LogP contribution in [0.2, 0.25) is 10.0 Å². The lowest BCUT2D eigenvalue weighted by Crippen LogP contribution is -2.32. The van der Waals surface area contributed by atoms with Crippen LogP contribution < -0.4 is 16.4 Å². The lowest BCUT2D eigenvalue weighted by atomic mass is 10.0. The molecule has 3 aromatic rings. The minimum Gasteiger partial charge on any atom is -0.507 e. The number of nitrogens with two attached hydrogens (primary N) is 1. The summed E-state index contributed by atoms with van der Waals surface area (Å²) in [5.74, 6) is 0.0526. The number of phenolic OH excluding ortho intramolecular Hbond substituents is 1. The lowest BCUT2D eigenvalue weighted by molar-refractivity contribution is 0.0950. The zero-order valence-corrected chi connectivity index (χ0v) is 19.6. The Labute approximate surface area is 202 Å². The number of phenols is 1. The summed E-state index contributed by atoms with van der Waals surface area (Å²) in [6.45, 7) is 2.44. The van der Waals surface area contributed by atoms with E-state index in [4.69, 9.17) is 28.9 Å². The minimum absolute atomic E-state index is 0.0597. The molecule has 3 rings (SSSR count). The fourth-order valence-corrected chi connectivity index (χ4v) is 3.89. The first-order chi connectivity index (χ1) is 15.7. The van der Waals surface area contributed by atoms with Crippen LogP contribution in [0.15, 0.2) is 54.7 Å². The number of pyridine rings is 1. The zero-order valence-electron chi connectivity index (χ0n) is 18.1. The summed E-state index contributed by atoms with van der Waals surface area (Å²) in [4.78, 5) is 16.6. The van der Waals surface area contributed by atoms with Gasteiger partial charge in [0.2, 0.25) is 0 Å². The molecule has 0 saturated carbocycles. The van der Waals surface area contributed by atoms with Gasteiger partial charge < -0.3 is 26.6 Å². The second kappa shape index (κ2) is 11.3. The van der Waals surface area contributed by atoms with Gasteiger partial charge in [0, 0.05) is 47.0 Å². The molecular formula is C24H26Cl2N4O3. The predicted molar refractivity (Wildman–Crippen MR) is 131 cm³/mol. The van der Waals surface area contributed by atoms with E-state index >= 15 is 0 Å². The SMILES string of the molecule is C[C@H](Cc1cccc(C(=O)NCc2c(O)cc(Cl)cc2Cl)c1)NC[C@@H](O)c1ccc(N)nc1. The third kappa shape index (κ3) is 7.07. The number of aromatic hydroxyl groups is 1. The van der Waals surface area contributed by atoms with Crippen LogP contribution in [0.3, 0.4) is 0 Å². The molecule has 1 heterocycles. The van der Waals surface area contributed by atoms with Gasteiger partial charge in [0.25, 0.3) is 5.91 Å². The van der Waals surface area contributed by atoms with Crippen LogP contribution >= 0.6 is 23.2 Å². The molecule has 2 aromatic carbocycles. The standard InChI is InChI=1S/C24H26Cl2N4O3/c1-14(28-13-22(32)17-5-6-23(27)29-11-17)7-15-3-2-4-16(8-15)24(33)30-12-19-20(26)9-18(25)10-21(19)31/h2-6,8-11,14,22,28,31-32H,7,12-13H2,1H3,(H2,27,29)(H,30,33)/t14-,22-/m1/s1. The monoisotopic (exact) mass is 488 g/mol. The van der Waals surface area contributed by atoms with E-state index < -0.39 is 6.10 Å². The second-order valence-corrected chi connectivity index (χ2v) is 8.66.